The number of piperidine rings is 1. The SMILES string of the molecule is CC(C)(C)OC(=O)N1CCC(n2nccc(Cl)c2=O)CC1. The average Bonchev–Trinajstić information content (AvgIpc) is 2.40. The highest BCUT2D eigenvalue weighted by atomic mass is 35.5. The number of ether oxygens (including phenoxy) is 1. The highest BCUT2D eigenvalue weighted by Crippen LogP contribution is 2.22. The number of hydrogen-bond acceptors (Lipinski definition) is 4. The third-order valence-electron chi connectivity index (χ3n) is 3.29. The fourth-order valence-electron chi connectivity index (χ4n) is 2.28. The summed E-state index contributed by atoms with van der Waals surface area (Å²) >= 11 is 5.83. The van der Waals surface area contributed by atoms with Crippen LogP contribution in [0, 0.1) is 0 Å². The van der Waals surface area contributed by atoms with Gasteiger partial charge in [-0.15, -0.1) is 0 Å². The van der Waals surface area contributed by atoms with Gasteiger partial charge in [-0.05, 0) is 39.7 Å². The zero-order valence-corrected chi connectivity index (χ0v) is 13.3. The van der Waals surface area contributed by atoms with E-state index in [1.807, 2.05) is 20.8 Å². The molecule has 21 heavy (non-hydrogen) atoms. The quantitative estimate of drug-likeness (QED) is 0.799. The monoisotopic (exact) mass is 313 g/mol. The number of nitrogens with zero attached hydrogens (tertiary/aromatic N) is 3. The largest absolute Gasteiger partial charge is 0.444 e. The van der Waals surface area contributed by atoms with Gasteiger partial charge in [-0.2, -0.15) is 5.10 Å². The van der Waals surface area contributed by atoms with Crippen molar-refractivity contribution in [3.05, 3.63) is 27.6 Å². The molecule has 1 aliphatic rings. The Bertz CT molecular complexity index is 572. The lowest BCUT2D eigenvalue weighted by Gasteiger charge is -2.33. The van der Waals surface area contributed by atoms with Gasteiger partial charge >= 0.3 is 6.09 Å². The van der Waals surface area contributed by atoms with Gasteiger partial charge in [0.15, 0.2) is 0 Å². The molecule has 6 nitrogen and oxygen atoms in total. The summed E-state index contributed by atoms with van der Waals surface area (Å²) in [5.74, 6) is 0. The Morgan fingerprint density at radius 2 is 2.00 bits per heavy atom. The number of halogens is 1. The third kappa shape index (κ3) is 3.97. The van der Waals surface area contributed by atoms with E-state index in [4.69, 9.17) is 16.3 Å². The number of carbonyl (C=O) groups is 1. The second-order valence-electron chi connectivity index (χ2n) is 6.13. The summed E-state index contributed by atoms with van der Waals surface area (Å²) in [7, 11) is 0. The number of carbonyl (C=O) groups excluding carboxylic acids is 1. The molecule has 1 saturated heterocycles. The maximum Gasteiger partial charge on any atom is 0.410 e. The first kappa shape index (κ1) is 15.8. The van der Waals surface area contributed by atoms with Crippen LogP contribution in [0.4, 0.5) is 4.79 Å². The molecule has 116 valence electrons. The summed E-state index contributed by atoms with van der Waals surface area (Å²) in [6, 6.07) is 1.45. The van der Waals surface area contributed by atoms with Gasteiger partial charge in [0, 0.05) is 19.3 Å². The Morgan fingerprint density at radius 3 is 2.57 bits per heavy atom. The first-order valence-corrected chi connectivity index (χ1v) is 7.37. The van der Waals surface area contributed by atoms with Crippen LogP contribution in [0.25, 0.3) is 0 Å². The van der Waals surface area contributed by atoms with E-state index in [9.17, 15) is 9.59 Å². The molecular formula is C14H20ClN3O3. The van der Waals surface area contributed by atoms with Crippen molar-refractivity contribution in [1.29, 1.82) is 0 Å². The van der Waals surface area contributed by atoms with Gasteiger partial charge in [0.1, 0.15) is 10.6 Å². The molecule has 0 spiro atoms. The number of aromatic nitrogens is 2. The third-order valence-corrected chi connectivity index (χ3v) is 3.57. The summed E-state index contributed by atoms with van der Waals surface area (Å²) in [6.07, 6.45) is 2.52. The van der Waals surface area contributed by atoms with Gasteiger partial charge in [0.2, 0.25) is 0 Å². The lowest BCUT2D eigenvalue weighted by atomic mass is 10.1. The molecule has 0 unspecified atom stereocenters. The molecule has 1 fully saturated rings. The van der Waals surface area contributed by atoms with Crippen LogP contribution >= 0.6 is 11.6 Å². The molecule has 0 N–H and O–H groups in total. The van der Waals surface area contributed by atoms with Gasteiger partial charge in [-0.1, -0.05) is 11.6 Å². The lowest BCUT2D eigenvalue weighted by Crippen LogP contribution is -2.43. The van der Waals surface area contributed by atoms with Crippen LogP contribution in [-0.2, 0) is 4.74 Å². The maximum atomic E-state index is 12.0. The van der Waals surface area contributed by atoms with Gasteiger partial charge in [-0.25, -0.2) is 9.48 Å². The summed E-state index contributed by atoms with van der Waals surface area (Å²) in [5, 5.41) is 4.24. The summed E-state index contributed by atoms with van der Waals surface area (Å²) < 4.78 is 6.75. The van der Waals surface area contributed by atoms with Crippen molar-refractivity contribution in [3.8, 4) is 0 Å². The molecule has 1 aromatic rings. The smallest absolute Gasteiger partial charge is 0.410 e. The first-order chi connectivity index (χ1) is 9.78. The number of likely N-dealkylation sites (tertiary alicyclic amines) is 1. The van der Waals surface area contributed by atoms with Crippen LogP contribution in [-0.4, -0.2) is 39.5 Å². The van der Waals surface area contributed by atoms with Crippen molar-refractivity contribution in [1.82, 2.24) is 14.7 Å². The summed E-state index contributed by atoms with van der Waals surface area (Å²) in [6.45, 7) is 6.60. The number of rotatable bonds is 1. The minimum atomic E-state index is -0.501. The first-order valence-electron chi connectivity index (χ1n) is 6.99. The molecule has 1 amide bonds. The highest BCUT2D eigenvalue weighted by Gasteiger charge is 2.28. The molecule has 0 radical (unpaired) electrons. The van der Waals surface area contributed by atoms with Crippen LogP contribution in [0.3, 0.4) is 0 Å². The fourth-order valence-corrected chi connectivity index (χ4v) is 2.43. The fraction of sp³-hybridized carbons (Fsp3) is 0.643. The van der Waals surface area contributed by atoms with Gasteiger partial charge in [-0.3, -0.25) is 4.79 Å². The maximum absolute atomic E-state index is 12.0. The summed E-state index contributed by atoms with van der Waals surface area (Å²) in [4.78, 5) is 25.6. The predicted octanol–water partition coefficient (Wildman–Crippen LogP) is 2.47. The van der Waals surface area contributed by atoms with E-state index in [-0.39, 0.29) is 22.7 Å². The second-order valence-corrected chi connectivity index (χ2v) is 6.53. The van der Waals surface area contributed by atoms with Gasteiger partial charge in [0.25, 0.3) is 5.56 Å². The summed E-state index contributed by atoms with van der Waals surface area (Å²) in [5.41, 5.74) is -0.783. The Hall–Kier alpha value is -1.56. The van der Waals surface area contributed by atoms with Crippen molar-refractivity contribution in [2.24, 2.45) is 0 Å². The molecule has 0 atom stereocenters. The van der Waals surface area contributed by atoms with Crippen LogP contribution < -0.4 is 5.56 Å². The molecule has 2 rings (SSSR count). The molecule has 0 aliphatic carbocycles. The minimum Gasteiger partial charge on any atom is -0.444 e. The average molecular weight is 314 g/mol. The number of amides is 1. The molecule has 2 heterocycles. The van der Waals surface area contributed by atoms with E-state index in [1.54, 1.807) is 4.90 Å². The lowest BCUT2D eigenvalue weighted by molar-refractivity contribution is 0.0183. The predicted molar refractivity (Wildman–Crippen MR) is 79.6 cm³/mol. The standard InChI is InChI=1S/C14H20ClN3O3/c1-14(2,3)21-13(20)17-8-5-10(6-9-17)18-12(19)11(15)4-7-16-18/h4,7,10H,5-6,8-9H2,1-3H3. The Balaban J connectivity index is 1.99. The zero-order valence-electron chi connectivity index (χ0n) is 12.5. The van der Waals surface area contributed by atoms with Crippen LogP contribution in [0.1, 0.15) is 39.7 Å². The van der Waals surface area contributed by atoms with Crippen molar-refractivity contribution in [2.45, 2.75) is 45.3 Å². The normalized spacial score (nSPS) is 16.9. The van der Waals surface area contributed by atoms with Crippen molar-refractivity contribution in [2.75, 3.05) is 13.1 Å². The van der Waals surface area contributed by atoms with Crippen LogP contribution in [0.5, 0.6) is 0 Å². The number of hydrogen-bond donors (Lipinski definition) is 0. The Morgan fingerprint density at radius 1 is 1.38 bits per heavy atom. The van der Waals surface area contributed by atoms with Crippen molar-refractivity contribution in [3.63, 3.8) is 0 Å². The van der Waals surface area contributed by atoms with E-state index in [1.165, 1.54) is 16.9 Å². The molecule has 1 aliphatic heterocycles. The van der Waals surface area contributed by atoms with Crippen LogP contribution in [0.2, 0.25) is 5.02 Å². The van der Waals surface area contributed by atoms with Crippen molar-refractivity contribution >= 4 is 17.7 Å². The topological polar surface area (TPSA) is 64.4 Å². The highest BCUT2D eigenvalue weighted by molar-refractivity contribution is 6.30. The van der Waals surface area contributed by atoms with Crippen LogP contribution in [0.15, 0.2) is 17.1 Å². The van der Waals surface area contributed by atoms with E-state index < -0.39 is 5.60 Å². The van der Waals surface area contributed by atoms with E-state index in [2.05, 4.69) is 5.10 Å². The second kappa shape index (κ2) is 6.05. The van der Waals surface area contributed by atoms with E-state index >= 15 is 0 Å². The van der Waals surface area contributed by atoms with E-state index in [0.717, 1.165) is 0 Å². The van der Waals surface area contributed by atoms with Gasteiger partial charge in [0.05, 0.1) is 6.04 Å². The Kier molecular flexibility index (Phi) is 4.56. The van der Waals surface area contributed by atoms with Crippen molar-refractivity contribution < 1.29 is 9.53 Å². The zero-order chi connectivity index (χ0) is 15.6. The Labute approximate surface area is 128 Å². The molecule has 0 aromatic carbocycles. The molecule has 7 heteroatoms. The molecular weight excluding hydrogens is 294 g/mol. The van der Waals surface area contributed by atoms with E-state index in [0.29, 0.717) is 25.9 Å². The molecule has 0 saturated carbocycles. The molecule has 0 bridgehead atoms. The molecule has 1 aromatic heterocycles. The minimum absolute atomic E-state index is 0.0325. The van der Waals surface area contributed by atoms with Gasteiger partial charge < -0.3 is 9.64 Å².